The molecule has 0 N–H and O–H groups in total. The van der Waals surface area contributed by atoms with Crippen LogP contribution in [0.4, 0.5) is 0 Å². The summed E-state index contributed by atoms with van der Waals surface area (Å²) < 4.78 is 8.74. The average Bonchev–Trinajstić information content (AvgIpc) is 2.97. The Bertz CT molecular complexity index is 571. The van der Waals surface area contributed by atoms with E-state index in [4.69, 9.17) is 4.74 Å². The molecule has 0 spiro atoms. The zero-order valence-corrected chi connectivity index (χ0v) is 11.5. The molecule has 0 bridgehead atoms. The normalized spacial score (nSPS) is 10.7. The summed E-state index contributed by atoms with van der Waals surface area (Å²) in [6.07, 6.45) is 3.40. The van der Waals surface area contributed by atoms with Gasteiger partial charge < -0.3 is 9.30 Å². The molecule has 102 valence electrons. The SMILES string of the molecule is CCOC(=O)c1c(C)ccn1Cc1ncnn1CC. The number of hydrogen-bond donors (Lipinski definition) is 0. The van der Waals surface area contributed by atoms with E-state index in [9.17, 15) is 4.79 Å². The van der Waals surface area contributed by atoms with E-state index in [0.29, 0.717) is 18.8 Å². The number of ether oxygens (including phenoxy) is 1. The van der Waals surface area contributed by atoms with Gasteiger partial charge in [0.1, 0.15) is 17.8 Å². The number of nitrogens with zero attached hydrogens (tertiary/aromatic N) is 4. The molecule has 2 heterocycles. The smallest absolute Gasteiger partial charge is 0.355 e. The van der Waals surface area contributed by atoms with Crippen molar-refractivity contribution in [2.75, 3.05) is 6.61 Å². The van der Waals surface area contributed by atoms with Crippen LogP contribution in [0, 0.1) is 6.92 Å². The molecule has 19 heavy (non-hydrogen) atoms. The molecule has 0 aliphatic rings. The van der Waals surface area contributed by atoms with Gasteiger partial charge in [0.25, 0.3) is 0 Å². The molecule has 0 aromatic carbocycles. The molecule has 0 aliphatic carbocycles. The van der Waals surface area contributed by atoms with Crippen molar-refractivity contribution in [3.05, 3.63) is 35.7 Å². The van der Waals surface area contributed by atoms with Crippen LogP contribution in [0.2, 0.25) is 0 Å². The Morgan fingerprint density at radius 3 is 2.89 bits per heavy atom. The van der Waals surface area contributed by atoms with E-state index in [1.807, 2.05) is 35.4 Å². The highest BCUT2D eigenvalue weighted by Crippen LogP contribution is 2.13. The highest BCUT2D eigenvalue weighted by atomic mass is 16.5. The minimum atomic E-state index is -0.299. The van der Waals surface area contributed by atoms with Crippen molar-refractivity contribution in [2.24, 2.45) is 0 Å². The fraction of sp³-hybridized carbons (Fsp3) is 0.462. The Labute approximate surface area is 112 Å². The predicted molar refractivity (Wildman–Crippen MR) is 69.9 cm³/mol. The van der Waals surface area contributed by atoms with Gasteiger partial charge in [0.05, 0.1) is 13.2 Å². The minimum Gasteiger partial charge on any atom is -0.461 e. The second-order valence-electron chi connectivity index (χ2n) is 4.19. The van der Waals surface area contributed by atoms with Crippen molar-refractivity contribution < 1.29 is 9.53 Å². The van der Waals surface area contributed by atoms with Crippen molar-refractivity contribution in [3.8, 4) is 0 Å². The lowest BCUT2D eigenvalue weighted by Crippen LogP contribution is -2.16. The number of hydrogen-bond acceptors (Lipinski definition) is 4. The van der Waals surface area contributed by atoms with E-state index in [1.54, 1.807) is 6.92 Å². The van der Waals surface area contributed by atoms with Crippen molar-refractivity contribution in [3.63, 3.8) is 0 Å². The van der Waals surface area contributed by atoms with Crippen LogP contribution in [0.1, 0.15) is 35.7 Å². The lowest BCUT2D eigenvalue weighted by molar-refractivity contribution is 0.0513. The van der Waals surface area contributed by atoms with Gasteiger partial charge in [-0.25, -0.2) is 14.5 Å². The van der Waals surface area contributed by atoms with Crippen molar-refractivity contribution >= 4 is 5.97 Å². The van der Waals surface area contributed by atoms with Crippen LogP contribution in [-0.2, 0) is 17.8 Å². The average molecular weight is 262 g/mol. The van der Waals surface area contributed by atoms with Crippen LogP contribution < -0.4 is 0 Å². The Morgan fingerprint density at radius 2 is 2.21 bits per heavy atom. The molecule has 0 unspecified atom stereocenters. The van der Waals surface area contributed by atoms with E-state index >= 15 is 0 Å². The standard InChI is InChI=1S/C13H18N4O2/c1-4-17-11(14-9-15-17)8-16-7-6-10(3)12(16)13(18)19-5-2/h6-7,9H,4-5,8H2,1-3H3. The third-order valence-corrected chi connectivity index (χ3v) is 2.94. The second-order valence-corrected chi connectivity index (χ2v) is 4.19. The molecule has 0 radical (unpaired) electrons. The molecule has 0 aliphatic heterocycles. The number of aromatic nitrogens is 4. The summed E-state index contributed by atoms with van der Waals surface area (Å²) in [6, 6.07) is 1.90. The monoisotopic (exact) mass is 262 g/mol. The first-order valence-electron chi connectivity index (χ1n) is 6.36. The van der Waals surface area contributed by atoms with Crippen molar-refractivity contribution in [1.29, 1.82) is 0 Å². The van der Waals surface area contributed by atoms with Crippen LogP contribution >= 0.6 is 0 Å². The molecule has 0 atom stereocenters. The molecule has 0 fully saturated rings. The van der Waals surface area contributed by atoms with Gasteiger partial charge >= 0.3 is 5.97 Å². The Hall–Kier alpha value is -2.11. The first-order chi connectivity index (χ1) is 9.17. The number of esters is 1. The van der Waals surface area contributed by atoms with Gasteiger partial charge in [-0.15, -0.1) is 0 Å². The lowest BCUT2D eigenvalue weighted by atomic mass is 10.3. The zero-order chi connectivity index (χ0) is 13.8. The molecule has 6 heteroatoms. The Morgan fingerprint density at radius 1 is 1.42 bits per heavy atom. The van der Waals surface area contributed by atoms with Gasteiger partial charge in [-0.3, -0.25) is 0 Å². The third-order valence-electron chi connectivity index (χ3n) is 2.94. The lowest BCUT2D eigenvalue weighted by Gasteiger charge is -2.09. The van der Waals surface area contributed by atoms with Gasteiger partial charge in [0, 0.05) is 12.7 Å². The molecular formula is C13H18N4O2. The highest BCUT2D eigenvalue weighted by Gasteiger charge is 2.17. The van der Waals surface area contributed by atoms with Crippen LogP contribution in [0.3, 0.4) is 0 Å². The molecular weight excluding hydrogens is 244 g/mol. The zero-order valence-electron chi connectivity index (χ0n) is 11.5. The van der Waals surface area contributed by atoms with Gasteiger partial charge in [0.2, 0.25) is 0 Å². The summed E-state index contributed by atoms with van der Waals surface area (Å²) in [5, 5.41) is 4.12. The van der Waals surface area contributed by atoms with Gasteiger partial charge in [-0.2, -0.15) is 5.10 Å². The van der Waals surface area contributed by atoms with Crippen molar-refractivity contribution in [2.45, 2.75) is 33.9 Å². The molecule has 2 rings (SSSR count). The van der Waals surface area contributed by atoms with E-state index in [2.05, 4.69) is 10.1 Å². The van der Waals surface area contributed by atoms with Crippen LogP contribution in [0.25, 0.3) is 0 Å². The maximum Gasteiger partial charge on any atom is 0.355 e. The quantitative estimate of drug-likeness (QED) is 0.768. The molecule has 0 saturated heterocycles. The van der Waals surface area contributed by atoms with Gasteiger partial charge in [0.15, 0.2) is 0 Å². The summed E-state index contributed by atoms with van der Waals surface area (Å²) in [5.41, 5.74) is 1.48. The first-order valence-corrected chi connectivity index (χ1v) is 6.36. The van der Waals surface area contributed by atoms with Crippen LogP contribution in [-0.4, -0.2) is 31.9 Å². The van der Waals surface area contributed by atoms with E-state index < -0.39 is 0 Å². The number of carbonyl (C=O) groups is 1. The van der Waals surface area contributed by atoms with Crippen LogP contribution in [0.15, 0.2) is 18.6 Å². The van der Waals surface area contributed by atoms with E-state index in [0.717, 1.165) is 17.9 Å². The van der Waals surface area contributed by atoms with Gasteiger partial charge in [-0.05, 0) is 32.4 Å². The summed E-state index contributed by atoms with van der Waals surface area (Å²) in [7, 11) is 0. The summed E-state index contributed by atoms with van der Waals surface area (Å²) in [6.45, 7) is 7.33. The Kier molecular flexibility index (Phi) is 3.99. The maximum atomic E-state index is 11.9. The van der Waals surface area contributed by atoms with Crippen molar-refractivity contribution in [1.82, 2.24) is 19.3 Å². The number of aryl methyl sites for hydroxylation is 2. The molecule has 0 amide bonds. The molecule has 2 aromatic heterocycles. The molecule has 2 aromatic rings. The molecule has 0 saturated carbocycles. The third kappa shape index (κ3) is 2.67. The maximum absolute atomic E-state index is 11.9. The van der Waals surface area contributed by atoms with E-state index in [-0.39, 0.29) is 5.97 Å². The van der Waals surface area contributed by atoms with Crippen LogP contribution in [0.5, 0.6) is 0 Å². The topological polar surface area (TPSA) is 61.9 Å². The fourth-order valence-corrected chi connectivity index (χ4v) is 2.02. The van der Waals surface area contributed by atoms with E-state index in [1.165, 1.54) is 6.33 Å². The Balaban J connectivity index is 2.28. The summed E-state index contributed by atoms with van der Waals surface area (Å²) in [4.78, 5) is 16.2. The highest BCUT2D eigenvalue weighted by molar-refractivity contribution is 5.89. The summed E-state index contributed by atoms with van der Waals surface area (Å²) >= 11 is 0. The second kappa shape index (κ2) is 5.69. The minimum absolute atomic E-state index is 0.299. The largest absolute Gasteiger partial charge is 0.461 e. The van der Waals surface area contributed by atoms with Gasteiger partial charge in [-0.1, -0.05) is 0 Å². The number of rotatable bonds is 5. The predicted octanol–water partition coefficient (Wildman–Crippen LogP) is 1.63. The fourth-order valence-electron chi connectivity index (χ4n) is 2.02. The molecule has 6 nitrogen and oxygen atoms in total. The summed E-state index contributed by atoms with van der Waals surface area (Å²) in [5.74, 6) is 0.524. The first kappa shape index (κ1) is 13.3. The number of carbonyl (C=O) groups excluding carboxylic acids is 1.